The van der Waals surface area contributed by atoms with Crippen LogP contribution in [0, 0.1) is 10.1 Å². The van der Waals surface area contributed by atoms with Crippen molar-refractivity contribution in [1.29, 1.82) is 0 Å². The maximum absolute atomic E-state index is 10.7. The molecule has 0 saturated heterocycles. The van der Waals surface area contributed by atoms with Crippen LogP contribution >= 0.6 is 0 Å². The molecule has 0 bridgehead atoms. The number of rotatable bonds is 8. The number of aryl methyl sites for hydroxylation is 1. The number of hydrogen-bond acceptors (Lipinski definition) is 5. The van der Waals surface area contributed by atoms with Gasteiger partial charge in [0.15, 0.2) is 0 Å². The Kier molecular flexibility index (Phi) is 5.41. The second-order valence-corrected chi connectivity index (χ2v) is 3.85. The first kappa shape index (κ1) is 13.4. The highest BCUT2D eigenvalue weighted by Gasteiger charge is 2.18. The van der Waals surface area contributed by atoms with E-state index in [2.05, 4.69) is 10.3 Å². The molecule has 0 aromatic carbocycles. The Morgan fingerprint density at radius 1 is 1.47 bits per heavy atom. The van der Waals surface area contributed by atoms with Gasteiger partial charge in [0.05, 0.1) is 0 Å². The molecular formula is C10H18N4O3. The molecule has 0 amide bonds. The number of aliphatic hydroxyl groups excluding tert-OH is 1. The zero-order chi connectivity index (χ0) is 12.7. The van der Waals surface area contributed by atoms with E-state index < -0.39 is 4.92 Å². The lowest BCUT2D eigenvalue weighted by Crippen LogP contribution is -2.07. The number of unbranched alkanes of at least 4 members (excludes halogenated alkanes) is 3. The van der Waals surface area contributed by atoms with E-state index in [0.717, 1.165) is 25.7 Å². The third kappa shape index (κ3) is 4.03. The third-order valence-corrected chi connectivity index (χ3v) is 2.47. The number of nitrogens with zero attached hydrogens (tertiary/aromatic N) is 3. The van der Waals surface area contributed by atoms with Crippen molar-refractivity contribution in [3.8, 4) is 0 Å². The molecule has 0 aliphatic rings. The number of anilines is 1. The van der Waals surface area contributed by atoms with E-state index in [0.29, 0.717) is 12.4 Å². The molecule has 0 atom stereocenters. The Morgan fingerprint density at radius 2 is 2.18 bits per heavy atom. The molecule has 0 aliphatic carbocycles. The Hall–Kier alpha value is -1.63. The molecule has 17 heavy (non-hydrogen) atoms. The van der Waals surface area contributed by atoms with Crippen molar-refractivity contribution in [2.75, 3.05) is 18.5 Å². The van der Waals surface area contributed by atoms with Crippen molar-refractivity contribution in [2.24, 2.45) is 7.05 Å². The molecule has 0 saturated carbocycles. The summed E-state index contributed by atoms with van der Waals surface area (Å²) in [4.78, 5) is 13.9. The normalized spacial score (nSPS) is 10.5. The Bertz CT molecular complexity index is 364. The molecule has 7 nitrogen and oxygen atoms in total. The predicted molar refractivity (Wildman–Crippen MR) is 63.9 cm³/mol. The van der Waals surface area contributed by atoms with Crippen LogP contribution in [0.3, 0.4) is 0 Å². The lowest BCUT2D eigenvalue weighted by Gasteiger charge is -2.05. The summed E-state index contributed by atoms with van der Waals surface area (Å²) in [5, 5.41) is 22.3. The van der Waals surface area contributed by atoms with Gasteiger partial charge in [-0.25, -0.2) is 0 Å². The maximum atomic E-state index is 10.7. The molecule has 0 spiro atoms. The fraction of sp³-hybridized carbons (Fsp3) is 0.700. The first-order chi connectivity index (χ1) is 8.16. The van der Waals surface area contributed by atoms with E-state index in [1.54, 1.807) is 11.6 Å². The van der Waals surface area contributed by atoms with Gasteiger partial charge >= 0.3 is 5.82 Å². The van der Waals surface area contributed by atoms with Gasteiger partial charge in [0, 0.05) is 20.2 Å². The van der Waals surface area contributed by atoms with E-state index in [-0.39, 0.29) is 12.4 Å². The summed E-state index contributed by atoms with van der Waals surface area (Å²) < 4.78 is 1.60. The van der Waals surface area contributed by atoms with Gasteiger partial charge in [0.25, 0.3) is 0 Å². The summed E-state index contributed by atoms with van der Waals surface area (Å²) in [6.45, 7) is 0.895. The van der Waals surface area contributed by atoms with Crippen LogP contribution in [0.2, 0.25) is 0 Å². The highest BCUT2D eigenvalue weighted by atomic mass is 16.6. The van der Waals surface area contributed by atoms with Crippen molar-refractivity contribution >= 4 is 11.6 Å². The van der Waals surface area contributed by atoms with Crippen LogP contribution in [-0.2, 0) is 7.05 Å². The smallest absolute Gasteiger partial charge is 0.396 e. The number of nitrogens with one attached hydrogen (secondary N) is 1. The fourth-order valence-corrected chi connectivity index (χ4v) is 1.55. The van der Waals surface area contributed by atoms with Gasteiger partial charge in [-0.2, -0.15) is 0 Å². The van der Waals surface area contributed by atoms with Crippen molar-refractivity contribution in [3.05, 3.63) is 16.4 Å². The van der Waals surface area contributed by atoms with Crippen LogP contribution in [0.4, 0.5) is 11.6 Å². The number of aliphatic hydroxyl groups is 1. The molecular weight excluding hydrogens is 224 g/mol. The summed E-state index contributed by atoms with van der Waals surface area (Å²) >= 11 is 0. The maximum Gasteiger partial charge on any atom is 0.406 e. The Labute approximate surface area is 99.6 Å². The van der Waals surface area contributed by atoms with Gasteiger partial charge in [-0.3, -0.25) is 4.57 Å². The van der Waals surface area contributed by atoms with Crippen LogP contribution < -0.4 is 5.32 Å². The highest BCUT2D eigenvalue weighted by molar-refractivity contribution is 5.51. The fourth-order valence-electron chi connectivity index (χ4n) is 1.55. The average molecular weight is 242 g/mol. The minimum Gasteiger partial charge on any atom is -0.396 e. The molecule has 1 heterocycles. The highest BCUT2D eigenvalue weighted by Crippen LogP contribution is 2.20. The monoisotopic (exact) mass is 242 g/mol. The van der Waals surface area contributed by atoms with E-state index in [1.807, 2.05) is 0 Å². The summed E-state index contributed by atoms with van der Waals surface area (Å²) in [7, 11) is 1.72. The lowest BCUT2D eigenvalue weighted by atomic mass is 10.2. The van der Waals surface area contributed by atoms with Crippen molar-refractivity contribution in [1.82, 2.24) is 9.55 Å². The molecule has 0 fully saturated rings. The average Bonchev–Trinajstić information content (AvgIpc) is 2.65. The minimum atomic E-state index is -0.492. The predicted octanol–water partition coefficient (Wildman–Crippen LogP) is 1.29. The molecule has 0 aliphatic heterocycles. The van der Waals surface area contributed by atoms with Gasteiger partial charge in [0.1, 0.15) is 0 Å². The molecule has 1 rings (SSSR count). The topological polar surface area (TPSA) is 93.2 Å². The molecule has 7 heteroatoms. The zero-order valence-electron chi connectivity index (χ0n) is 9.93. The minimum absolute atomic E-state index is 0.136. The van der Waals surface area contributed by atoms with Gasteiger partial charge < -0.3 is 20.5 Å². The van der Waals surface area contributed by atoms with Crippen molar-refractivity contribution in [2.45, 2.75) is 25.7 Å². The molecule has 0 unspecified atom stereocenters. The van der Waals surface area contributed by atoms with Gasteiger partial charge in [0.2, 0.25) is 12.1 Å². The van der Waals surface area contributed by atoms with Crippen molar-refractivity contribution in [3.63, 3.8) is 0 Å². The van der Waals surface area contributed by atoms with Crippen LogP contribution in [0.25, 0.3) is 0 Å². The van der Waals surface area contributed by atoms with Crippen LogP contribution in [-0.4, -0.2) is 32.7 Å². The summed E-state index contributed by atoms with van der Waals surface area (Å²) in [5.74, 6) is 0.306. The quantitative estimate of drug-likeness (QED) is 0.407. The SMILES string of the molecule is Cn1cnc([N+](=O)[O-])c1NCCCCCCO. The number of aromatic nitrogens is 2. The van der Waals surface area contributed by atoms with Crippen LogP contribution in [0.1, 0.15) is 25.7 Å². The van der Waals surface area contributed by atoms with Crippen LogP contribution in [0.15, 0.2) is 6.33 Å². The standard InChI is InChI=1S/C10H18N4O3/c1-13-8-12-10(14(16)17)9(13)11-6-4-2-3-5-7-15/h8,11,15H,2-7H2,1H3. The van der Waals surface area contributed by atoms with E-state index in [4.69, 9.17) is 5.11 Å². The Balaban J connectivity index is 2.36. The first-order valence-corrected chi connectivity index (χ1v) is 5.67. The Morgan fingerprint density at radius 3 is 2.82 bits per heavy atom. The number of nitro groups is 1. The molecule has 96 valence electrons. The molecule has 2 N–H and O–H groups in total. The first-order valence-electron chi connectivity index (χ1n) is 5.67. The molecule has 1 aromatic rings. The summed E-state index contributed by atoms with van der Waals surface area (Å²) in [6, 6.07) is 0. The van der Waals surface area contributed by atoms with E-state index in [9.17, 15) is 10.1 Å². The second-order valence-electron chi connectivity index (χ2n) is 3.85. The van der Waals surface area contributed by atoms with E-state index >= 15 is 0 Å². The molecule has 1 aromatic heterocycles. The summed E-state index contributed by atoms with van der Waals surface area (Å²) in [5.41, 5.74) is 0. The number of imidazole rings is 1. The second kappa shape index (κ2) is 6.85. The third-order valence-electron chi connectivity index (χ3n) is 2.47. The van der Waals surface area contributed by atoms with Crippen LogP contribution in [0.5, 0.6) is 0 Å². The number of hydrogen-bond donors (Lipinski definition) is 2. The largest absolute Gasteiger partial charge is 0.406 e. The van der Waals surface area contributed by atoms with Gasteiger partial charge in [-0.05, 0) is 22.7 Å². The van der Waals surface area contributed by atoms with E-state index in [1.165, 1.54) is 6.33 Å². The van der Waals surface area contributed by atoms with Crippen molar-refractivity contribution < 1.29 is 10.0 Å². The summed E-state index contributed by atoms with van der Waals surface area (Å²) in [6.07, 6.45) is 5.13. The van der Waals surface area contributed by atoms with Gasteiger partial charge in [-0.1, -0.05) is 12.8 Å². The molecule has 0 radical (unpaired) electrons. The zero-order valence-corrected chi connectivity index (χ0v) is 9.93. The van der Waals surface area contributed by atoms with Gasteiger partial charge in [-0.15, -0.1) is 0 Å². The lowest BCUT2D eigenvalue weighted by molar-refractivity contribution is -0.388.